The van der Waals surface area contributed by atoms with Gasteiger partial charge in [-0.15, -0.1) is 3.77 Å². The molecule has 0 aromatic rings. The van der Waals surface area contributed by atoms with Crippen LogP contribution in [-0.2, 0) is 19.6 Å². The largest absolute Gasteiger partial charge is 0.249 e. The van der Waals surface area contributed by atoms with Crippen LogP contribution in [0.15, 0.2) is 3.77 Å². The van der Waals surface area contributed by atoms with Crippen molar-refractivity contribution >= 4 is 19.6 Å². The number of hydrogen-bond acceptors (Lipinski definition) is 3. The van der Waals surface area contributed by atoms with Crippen LogP contribution in [0, 0.1) is 4.78 Å². The maximum absolute atomic E-state index is 10.7. The molecule has 0 aliphatic heterocycles. The molecular formula is C3H10N2O2S2. The maximum Gasteiger partial charge on any atom is 0.152 e. The molecule has 1 atom stereocenters. The molecule has 1 N–H and O–H groups in total. The van der Waals surface area contributed by atoms with Gasteiger partial charge in [-0.25, -0.2) is 13.2 Å². The maximum atomic E-state index is 10.7. The molecule has 4 nitrogen and oxygen atoms in total. The normalized spacial score (nSPS) is 18.6. The highest BCUT2D eigenvalue weighted by molar-refractivity contribution is 8.02. The second-order valence-corrected chi connectivity index (χ2v) is 6.62. The minimum Gasteiger partial charge on any atom is -0.249 e. The van der Waals surface area contributed by atoms with E-state index in [0.717, 1.165) is 6.26 Å². The summed E-state index contributed by atoms with van der Waals surface area (Å²) in [6, 6.07) is 0. The summed E-state index contributed by atoms with van der Waals surface area (Å²) in [5.74, 6) is 0. The molecule has 0 rings (SSSR count). The van der Waals surface area contributed by atoms with Gasteiger partial charge in [-0.1, -0.05) is 0 Å². The van der Waals surface area contributed by atoms with Gasteiger partial charge in [-0.05, 0) is 0 Å². The van der Waals surface area contributed by atoms with E-state index in [2.05, 4.69) is 3.77 Å². The fourth-order valence-corrected chi connectivity index (χ4v) is 3.08. The lowest BCUT2D eigenvalue weighted by atomic mass is 11.9. The zero-order valence-electron chi connectivity index (χ0n) is 5.58. The Balaban J connectivity index is 5.01. The molecule has 0 spiro atoms. The molecule has 0 aromatic heterocycles. The topological polar surface area (TPSA) is 70.3 Å². The molecule has 0 aliphatic carbocycles. The van der Waals surface area contributed by atoms with E-state index in [-0.39, 0.29) is 0 Å². The lowest BCUT2D eigenvalue weighted by Gasteiger charge is -1.92. The Bertz CT molecular complexity index is 286. The first-order chi connectivity index (χ1) is 3.71. The van der Waals surface area contributed by atoms with E-state index >= 15 is 0 Å². The van der Waals surface area contributed by atoms with E-state index in [4.69, 9.17) is 4.78 Å². The van der Waals surface area contributed by atoms with Crippen molar-refractivity contribution in [3.05, 3.63) is 0 Å². The van der Waals surface area contributed by atoms with Crippen LogP contribution in [0.3, 0.4) is 0 Å². The molecule has 0 amide bonds. The van der Waals surface area contributed by atoms with Gasteiger partial charge in [0.25, 0.3) is 0 Å². The third kappa shape index (κ3) is 7.90. The van der Waals surface area contributed by atoms with E-state index in [9.17, 15) is 8.42 Å². The Kier molecular flexibility index (Phi) is 2.24. The number of hydrogen-bond donors (Lipinski definition) is 1. The van der Waals surface area contributed by atoms with Crippen molar-refractivity contribution in [1.82, 2.24) is 0 Å². The Morgan fingerprint density at radius 1 is 1.22 bits per heavy atom. The molecule has 0 aliphatic rings. The number of rotatable bonds is 1. The molecule has 6 heteroatoms. The molecule has 9 heavy (non-hydrogen) atoms. The minimum absolute atomic E-state index is 1.14. The van der Waals surface area contributed by atoms with E-state index in [1.807, 2.05) is 0 Å². The zero-order chi connectivity index (χ0) is 7.71. The predicted octanol–water partition coefficient (Wildman–Crippen LogP) is 0.306. The summed E-state index contributed by atoms with van der Waals surface area (Å²) in [6.45, 7) is 0. The van der Waals surface area contributed by atoms with Crippen molar-refractivity contribution in [2.24, 2.45) is 3.77 Å². The Morgan fingerprint density at radius 2 is 1.56 bits per heavy atom. The van der Waals surface area contributed by atoms with Gasteiger partial charge in [-0.2, -0.15) is 0 Å². The number of nitrogens with zero attached hydrogens (tertiary/aromatic N) is 1. The van der Waals surface area contributed by atoms with Gasteiger partial charge < -0.3 is 0 Å². The fourth-order valence-electron chi connectivity index (χ4n) is 0.343. The molecule has 0 heterocycles. The Labute approximate surface area is 56.0 Å². The molecule has 0 saturated heterocycles. The van der Waals surface area contributed by atoms with Crippen LogP contribution >= 0.6 is 0 Å². The molecule has 0 radical (unpaired) electrons. The fraction of sp³-hybridized carbons (Fsp3) is 1.00. The van der Waals surface area contributed by atoms with Crippen LogP contribution in [0.5, 0.6) is 0 Å². The highest BCUT2D eigenvalue weighted by atomic mass is 32.3. The second-order valence-electron chi connectivity index (χ2n) is 2.06. The quantitative estimate of drug-likeness (QED) is 0.615. The van der Waals surface area contributed by atoms with Crippen molar-refractivity contribution in [2.45, 2.75) is 0 Å². The van der Waals surface area contributed by atoms with Crippen molar-refractivity contribution in [3.63, 3.8) is 0 Å². The van der Waals surface area contributed by atoms with Crippen LogP contribution in [-0.4, -0.2) is 27.2 Å². The first-order valence-corrected chi connectivity index (χ1v) is 6.38. The number of nitrogens with one attached hydrogen (secondary N) is 1. The van der Waals surface area contributed by atoms with Gasteiger partial charge in [0.2, 0.25) is 0 Å². The van der Waals surface area contributed by atoms with Crippen LogP contribution in [0.4, 0.5) is 0 Å². The summed E-state index contributed by atoms with van der Waals surface area (Å²) in [5, 5.41) is 0. The third-order valence-electron chi connectivity index (χ3n) is 0.322. The predicted molar refractivity (Wildman–Crippen MR) is 39.2 cm³/mol. The Morgan fingerprint density at radius 3 is 1.56 bits per heavy atom. The average molecular weight is 170 g/mol. The molecule has 0 fully saturated rings. The van der Waals surface area contributed by atoms with Crippen LogP contribution in [0.2, 0.25) is 0 Å². The monoisotopic (exact) mass is 170 g/mol. The average Bonchev–Trinajstić information content (AvgIpc) is 1.14. The van der Waals surface area contributed by atoms with Gasteiger partial charge in [0.1, 0.15) is 0 Å². The van der Waals surface area contributed by atoms with Gasteiger partial charge >= 0.3 is 0 Å². The molecular weight excluding hydrogens is 160 g/mol. The van der Waals surface area contributed by atoms with Gasteiger partial charge in [0.05, 0.1) is 9.73 Å². The first kappa shape index (κ1) is 8.90. The molecule has 0 aromatic carbocycles. The summed E-state index contributed by atoms with van der Waals surface area (Å²) in [6.07, 6.45) is 3.84. The highest BCUT2D eigenvalue weighted by Crippen LogP contribution is 1.92. The van der Waals surface area contributed by atoms with Gasteiger partial charge in [0.15, 0.2) is 9.92 Å². The smallest absolute Gasteiger partial charge is 0.152 e. The highest BCUT2D eigenvalue weighted by Gasteiger charge is 1.94. The van der Waals surface area contributed by atoms with E-state index in [1.54, 1.807) is 0 Å². The van der Waals surface area contributed by atoms with Crippen molar-refractivity contribution in [1.29, 1.82) is 4.78 Å². The summed E-state index contributed by atoms with van der Waals surface area (Å²) in [7, 11) is -5.30. The Hall–Kier alpha value is -0.100. The lowest BCUT2D eigenvalue weighted by Crippen LogP contribution is -1.96. The van der Waals surface area contributed by atoms with Crippen molar-refractivity contribution in [3.8, 4) is 0 Å². The third-order valence-corrected chi connectivity index (χ3v) is 2.90. The van der Waals surface area contributed by atoms with E-state index in [0.29, 0.717) is 0 Å². The SMILES string of the molecule is CS(=N)(=O)N=S(C)(C)=O. The van der Waals surface area contributed by atoms with E-state index in [1.165, 1.54) is 12.5 Å². The van der Waals surface area contributed by atoms with Crippen LogP contribution < -0.4 is 0 Å². The summed E-state index contributed by atoms with van der Waals surface area (Å²) >= 11 is 0. The summed E-state index contributed by atoms with van der Waals surface area (Å²) < 4.78 is 31.3. The second kappa shape index (κ2) is 2.26. The molecule has 56 valence electrons. The van der Waals surface area contributed by atoms with Gasteiger partial charge in [0, 0.05) is 18.8 Å². The van der Waals surface area contributed by atoms with Crippen molar-refractivity contribution in [2.75, 3.05) is 18.8 Å². The van der Waals surface area contributed by atoms with Crippen LogP contribution in [0.1, 0.15) is 0 Å². The lowest BCUT2D eigenvalue weighted by molar-refractivity contribution is 0.677. The molecule has 1 unspecified atom stereocenters. The standard InChI is InChI=1S/C3H10N2O2S2/c1-8(2,6)5-9(3,4)7/h4H,1-3H3. The zero-order valence-corrected chi connectivity index (χ0v) is 7.21. The summed E-state index contributed by atoms with van der Waals surface area (Å²) in [5.41, 5.74) is 0. The first-order valence-electron chi connectivity index (χ1n) is 2.13. The van der Waals surface area contributed by atoms with Crippen LogP contribution in [0.25, 0.3) is 0 Å². The summed E-state index contributed by atoms with van der Waals surface area (Å²) in [4.78, 5) is 0. The molecule has 0 bridgehead atoms. The van der Waals surface area contributed by atoms with Crippen molar-refractivity contribution < 1.29 is 8.42 Å². The molecule has 0 saturated carbocycles. The minimum atomic E-state index is -2.93. The van der Waals surface area contributed by atoms with E-state index < -0.39 is 19.6 Å². The van der Waals surface area contributed by atoms with Gasteiger partial charge in [-0.3, -0.25) is 0 Å².